The van der Waals surface area contributed by atoms with Gasteiger partial charge in [-0.3, -0.25) is 4.79 Å². The van der Waals surface area contributed by atoms with Crippen molar-refractivity contribution in [1.29, 1.82) is 0 Å². The van der Waals surface area contributed by atoms with Gasteiger partial charge in [-0.2, -0.15) is 0 Å². The van der Waals surface area contributed by atoms with Crippen LogP contribution in [0.4, 0.5) is 11.5 Å². The maximum absolute atomic E-state index is 12.5. The number of Topliss-reactive ketones (excluding diaryl/α,β-unsaturated/α-hetero) is 1. The summed E-state index contributed by atoms with van der Waals surface area (Å²) in [7, 11) is 0. The molecule has 0 aliphatic carbocycles. The molecule has 0 spiro atoms. The van der Waals surface area contributed by atoms with E-state index in [0.29, 0.717) is 28.5 Å². The minimum absolute atomic E-state index is 0.0171. The van der Waals surface area contributed by atoms with Crippen molar-refractivity contribution in [3.8, 4) is 0 Å². The van der Waals surface area contributed by atoms with E-state index in [1.54, 1.807) is 6.33 Å². The molecule has 8 heteroatoms. The molecule has 0 saturated carbocycles. The fourth-order valence-electron chi connectivity index (χ4n) is 5.99. The predicted molar refractivity (Wildman–Crippen MR) is 179 cm³/mol. The number of halogens is 2. The van der Waals surface area contributed by atoms with Crippen molar-refractivity contribution in [2.45, 2.75) is 37.6 Å². The first-order valence-electron chi connectivity index (χ1n) is 15.0. The molecule has 1 aliphatic rings. The van der Waals surface area contributed by atoms with E-state index >= 15 is 0 Å². The lowest BCUT2D eigenvalue weighted by atomic mass is 9.84. The van der Waals surface area contributed by atoms with Gasteiger partial charge in [0.2, 0.25) is 0 Å². The van der Waals surface area contributed by atoms with Crippen LogP contribution >= 0.6 is 23.2 Å². The first-order valence-corrected chi connectivity index (χ1v) is 15.8. The third-order valence-corrected chi connectivity index (χ3v) is 8.83. The summed E-state index contributed by atoms with van der Waals surface area (Å²) in [6.45, 7) is 1.77. The summed E-state index contributed by atoms with van der Waals surface area (Å²) >= 11 is 12.5. The number of aliphatic hydroxyl groups is 1. The smallest absolute Gasteiger partial charge is 0.163 e. The van der Waals surface area contributed by atoms with Crippen LogP contribution in [0.5, 0.6) is 0 Å². The number of fused-ring (bicyclic) bond motifs is 1. The lowest BCUT2D eigenvalue weighted by molar-refractivity contribution is 0.0971. The van der Waals surface area contributed by atoms with Gasteiger partial charge in [0, 0.05) is 64.8 Å². The monoisotopic (exact) mass is 624 g/mol. The van der Waals surface area contributed by atoms with E-state index < -0.39 is 0 Å². The van der Waals surface area contributed by atoms with E-state index in [0.717, 1.165) is 65.0 Å². The number of hydrogen-bond acceptors (Lipinski definition) is 6. The van der Waals surface area contributed by atoms with Crippen LogP contribution in [-0.2, 0) is 0 Å². The molecule has 6 rings (SSSR count). The highest BCUT2D eigenvalue weighted by molar-refractivity contribution is 6.30. The topological polar surface area (TPSA) is 78.4 Å². The third kappa shape index (κ3) is 6.88. The van der Waals surface area contributed by atoms with Gasteiger partial charge in [-0.15, -0.1) is 0 Å². The molecule has 2 N–H and O–H groups in total. The van der Waals surface area contributed by atoms with E-state index in [2.05, 4.69) is 68.7 Å². The zero-order valence-electron chi connectivity index (χ0n) is 24.3. The van der Waals surface area contributed by atoms with E-state index in [9.17, 15) is 4.79 Å². The number of nitrogens with zero attached hydrogens (tertiary/aromatic N) is 3. The molecular formula is C36H34Cl2N4O2. The summed E-state index contributed by atoms with van der Waals surface area (Å²) in [4.78, 5) is 24.1. The van der Waals surface area contributed by atoms with Crippen LogP contribution in [0.1, 0.15) is 58.6 Å². The van der Waals surface area contributed by atoms with Gasteiger partial charge in [-0.05, 0) is 84.5 Å². The number of piperidine rings is 1. The van der Waals surface area contributed by atoms with E-state index in [4.69, 9.17) is 28.3 Å². The van der Waals surface area contributed by atoms with Gasteiger partial charge >= 0.3 is 0 Å². The molecule has 1 aliphatic heterocycles. The SMILES string of the molecule is O=C(CCCO)c1cccc(N2CCC(Nc3ncnc4ccc(C(c5ccc(Cl)cc5)c5ccc(Cl)cc5)cc34)CC2)c1. The van der Waals surface area contributed by atoms with Gasteiger partial charge in [0.25, 0.3) is 0 Å². The maximum atomic E-state index is 12.5. The number of anilines is 2. The Labute approximate surface area is 267 Å². The first kappa shape index (κ1) is 30.1. The van der Waals surface area contributed by atoms with Crippen molar-refractivity contribution in [3.05, 3.63) is 130 Å². The predicted octanol–water partition coefficient (Wildman–Crippen LogP) is 8.15. The summed E-state index contributed by atoms with van der Waals surface area (Å²) in [5, 5.41) is 15.2. The Hall–Kier alpha value is -3.97. The summed E-state index contributed by atoms with van der Waals surface area (Å²) in [6, 6.07) is 30.5. The van der Waals surface area contributed by atoms with E-state index in [-0.39, 0.29) is 24.3 Å². The molecule has 6 nitrogen and oxygen atoms in total. The third-order valence-electron chi connectivity index (χ3n) is 8.33. The molecule has 0 atom stereocenters. The van der Waals surface area contributed by atoms with E-state index in [1.807, 2.05) is 42.5 Å². The Bertz CT molecular complexity index is 1690. The molecule has 44 heavy (non-hydrogen) atoms. The van der Waals surface area contributed by atoms with Gasteiger partial charge in [0.1, 0.15) is 12.1 Å². The summed E-state index contributed by atoms with van der Waals surface area (Å²) < 4.78 is 0. The van der Waals surface area contributed by atoms with Crippen LogP contribution in [0.25, 0.3) is 10.9 Å². The minimum atomic E-state index is -0.0171. The van der Waals surface area contributed by atoms with Gasteiger partial charge in [-0.25, -0.2) is 9.97 Å². The van der Waals surface area contributed by atoms with Crippen LogP contribution in [-0.4, -0.2) is 46.6 Å². The average molecular weight is 626 g/mol. The number of rotatable bonds is 10. The lowest BCUT2D eigenvalue weighted by Gasteiger charge is -2.34. The number of ketones is 1. The van der Waals surface area contributed by atoms with Crippen molar-refractivity contribution in [3.63, 3.8) is 0 Å². The number of nitrogens with one attached hydrogen (secondary N) is 1. The molecule has 4 aromatic carbocycles. The fourth-order valence-corrected chi connectivity index (χ4v) is 6.24. The summed E-state index contributed by atoms with van der Waals surface area (Å²) in [6.07, 6.45) is 4.34. The molecule has 1 aromatic heterocycles. The van der Waals surface area contributed by atoms with E-state index in [1.165, 1.54) is 0 Å². The highest BCUT2D eigenvalue weighted by Gasteiger charge is 2.23. The summed E-state index contributed by atoms with van der Waals surface area (Å²) in [5.74, 6) is 0.885. The molecule has 5 aromatic rings. The Morgan fingerprint density at radius 3 is 2.18 bits per heavy atom. The second-order valence-corrected chi connectivity index (χ2v) is 12.1. The minimum Gasteiger partial charge on any atom is -0.396 e. The van der Waals surface area contributed by atoms with Crippen LogP contribution < -0.4 is 10.2 Å². The lowest BCUT2D eigenvalue weighted by Crippen LogP contribution is -2.39. The molecule has 1 saturated heterocycles. The quantitative estimate of drug-likeness (QED) is 0.121. The highest BCUT2D eigenvalue weighted by atomic mass is 35.5. The molecule has 224 valence electrons. The molecular weight excluding hydrogens is 591 g/mol. The average Bonchev–Trinajstić information content (AvgIpc) is 3.06. The maximum Gasteiger partial charge on any atom is 0.163 e. The Morgan fingerprint density at radius 2 is 1.52 bits per heavy atom. The van der Waals surface area contributed by atoms with Crippen molar-refractivity contribution in [2.24, 2.45) is 0 Å². The summed E-state index contributed by atoms with van der Waals surface area (Å²) in [5.41, 5.74) is 6.05. The zero-order valence-corrected chi connectivity index (χ0v) is 25.8. The first-order chi connectivity index (χ1) is 21.5. The Kier molecular flexibility index (Phi) is 9.41. The molecule has 0 amide bonds. The Morgan fingerprint density at radius 1 is 0.864 bits per heavy atom. The second-order valence-electron chi connectivity index (χ2n) is 11.2. The fraction of sp³-hybridized carbons (Fsp3) is 0.250. The standard InChI is InChI=1S/C36H34Cl2N4O2/c37-28-11-6-24(7-12-28)35(25-8-13-29(38)14-9-25)27-10-15-33-32(22-27)36(40-23-39-33)41-30-16-18-42(19-17-30)31-4-1-3-26(21-31)34(44)5-2-20-43/h1,3-4,6-15,21-23,30,35,43H,2,5,16-20H2,(H,39,40,41). The van der Waals surface area contributed by atoms with Gasteiger partial charge in [0.05, 0.1) is 5.52 Å². The number of hydrogen-bond donors (Lipinski definition) is 2. The molecule has 1 fully saturated rings. The van der Waals surface area contributed by atoms with Gasteiger partial charge in [0.15, 0.2) is 5.78 Å². The number of carbonyl (C=O) groups excluding carboxylic acids is 1. The van der Waals surface area contributed by atoms with Crippen molar-refractivity contribution in [1.82, 2.24) is 9.97 Å². The number of benzene rings is 4. The van der Waals surface area contributed by atoms with Crippen LogP contribution in [0, 0.1) is 0 Å². The van der Waals surface area contributed by atoms with Crippen LogP contribution in [0.2, 0.25) is 10.0 Å². The normalized spacial score (nSPS) is 13.9. The molecule has 0 radical (unpaired) electrons. The highest BCUT2D eigenvalue weighted by Crippen LogP contribution is 2.36. The molecule has 0 unspecified atom stereocenters. The van der Waals surface area contributed by atoms with Gasteiger partial charge < -0.3 is 15.3 Å². The van der Waals surface area contributed by atoms with Crippen molar-refractivity contribution < 1.29 is 9.90 Å². The zero-order chi connectivity index (χ0) is 30.5. The number of aromatic nitrogens is 2. The number of carbonyl (C=O) groups is 1. The molecule has 2 heterocycles. The van der Waals surface area contributed by atoms with Crippen LogP contribution in [0.3, 0.4) is 0 Å². The van der Waals surface area contributed by atoms with Crippen molar-refractivity contribution in [2.75, 3.05) is 29.9 Å². The second kappa shape index (κ2) is 13.8. The van der Waals surface area contributed by atoms with Gasteiger partial charge in [-0.1, -0.05) is 65.7 Å². The van der Waals surface area contributed by atoms with Crippen LogP contribution in [0.15, 0.2) is 97.3 Å². The largest absolute Gasteiger partial charge is 0.396 e. The molecule has 0 bridgehead atoms. The number of aliphatic hydroxyl groups excluding tert-OH is 1. The van der Waals surface area contributed by atoms with Crippen molar-refractivity contribution >= 4 is 51.4 Å². The Balaban J connectivity index is 1.22.